The summed E-state index contributed by atoms with van der Waals surface area (Å²) in [6.07, 6.45) is 6.79. The number of amides is 2. The molecule has 212 valence electrons. The lowest BCUT2D eigenvalue weighted by Crippen LogP contribution is -2.80. The Labute approximate surface area is 239 Å². The number of nitrogens with one attached hydrogen (secondary N) is 2. The Bertz CT molecular complexity index is 1330. The average Bonchev–Trinajstić information content (AvgIpc) is 3.02. The van der Waals surface area contributed by atoms with E-state index in [2.05, 4.69) is 10.6 Å². The van der Waals surface area contributed by atoms with Crippen molar-refractivity contribution in [3.05, 3.63) is 132 Å². The van der Waals surface area contributed by atoms with E-state index in [1.807, 2.05) is 91.0 Å². The maximum atomic E-state index is 14.0. The molecule has 0 saturated carbocycles. The Morgan fingerprint density at radius 3 is 1.71 bits per heavy atom. The van der Waals surface area contributed by atoms with E-state index in [9.17, 15) is 24.6 Å². The van der Waals surface area contributed by atoms with Crippen LogP contribution in [-0.2, 0) is 19.9 Å². The molecule has 8 nitrogen and oxygen atoms in total. The van der Waals surface area contributed by atoms with E-state index in [1.54, 1.807) is 31.2 Å². The lowest BCUT2D eigenvalue weighted by molar-refractivity contribution is -0.153. The van der Waals surface area contributed by atoms with Gasteiger partial charge in [-0.25, -0.2) is 4.79 Å². The van der Waals surface area contributed by atoms with E-state index in [-0.39, 0.29) is 12.8 Å². The SMILES string of the molecule is CCC(=O)NC(C(=O)O)C(NC(c1ccccc1)(c1ccccc1)c1ccccc1)(C(N)=O)C1(CO)C=CC=CC1. The number of benzene rings is 3. The van der Waals surface area contributed by atoms with E-state index < -0.39 is 46.9 Å². The second-order valence-electron chi connectivity index (χ2n) is 10.1. The Hall–Kier alpha value is -4.53. The Morgan fingerprint density at radius 1 is 0.878 bits per heavy atom. The van der Waals surface area contributed by atoms with Crippen molar-refractivity contribution in [1.29, 1.82) is 0 Å². The highest BCUT2D eigenvalue weighted by molar-refractivity contribution is 5.97. The molecule has 0 fully saturated rings. The molecule has 0 bridgehead atoms. The van der Waals surface area contributed by atoms with Gasteiger partial charge < -0.3 is 21.3 Å². The number of carboxylic acid groups (broad SMARTS) is 1. The van der Waals surface area contributed by atoms with E-state index in [1.165, 1.54) is 0 Å². The molecule has 6 N–H and O–H groups in total. The van der Waals surface area contributed by atoms with Crippen LogP contribution in [0.4, 0.5) is 0 Å². The second-order valence-corrected chi connectivity index (χ2v) is 10.1. The number of primary amides is 1. The zero-order valence-electron chi connectivity index (χ0n) is 22.9. The Morgan fingerprint density at radius 2 is 1.37 bits per heavy atom. The molecule has 0 spiro atoms. The van der Waals surface area contributed by atoms with Gasteiger partial charge >= 0.3 is 5.97 Å². The van der Waals surface area contributed by atoms with Crippen molar-refractivity contribution in [3.63, 3.8) is 0 Å². The van der Waals surface area contributed by atoms with Crippen molar-refractivity contribution in [3.8, 4) is 0 Å². The number of nitrogens with two attached hydrogens (primary N) is 1. The van der Waals surface area contributed by atoms with Gasteiger partial charge in [0.2, 0.25) is 11.8 Å². The summed E-state index contributed by atoms with van der Waals surface area (Å²) in [5.41, 5.74) is 3.19. The molecular weight excluding hydrogens is 518 g/mol. The minimum atomic E-state index is -2.25. The van der Waals surface area contributed by atoms with Crippen molar-refractivity contribution in [2.75, 3.05) is 6.61 Å². The predicted octanol–water partition coefficient (Wildman–Crippen LogP) is 3.27. The van der Waals surface area contributed by atoms with Crippen LogP contribution < -0.4 is 16.4 Å². The van der Waals surface area contributed by atoms with Crippen LogP contribution in [0.1, 0.15) is 36.5 Å². The molecule has 3 aromatic rings. The summed E-state index contributed by atoms with van der Waals surface area (Å²) in [5, 5.41) is 27.7. The molecule has 3 unspecified atom stereocenters. The minimum absolute atomic E-state index is 0.0261. The van der Waals surface area contributed by atoms with Crippen LogP contribution in [0.3, 0.4) is 0 Å². The number of carbonyl (C=O) groups is 3. The first-order chi connectivity index (χ1) is 19.8. The molecule has 3 aromatic carbocycles. The molecular formula is C33H35N3O5. The van der Waals surface area contributed by atoms with Crippen LogP contribution in [0.5, 0.6) is 0 Å². The summed E-state index contributed by atoms with van der Waals surface area (Å²) >= 11 is 0. The lowest BCUT2D eigenvalue weighted by Gasteiger charge is -2.54. The zero-order chi connectivity index (χ0) is 29.5. The fraction of sp³-hybridized carbons (Fsp3) is 0.242. The van der Waals surface area contributed by atoms with Crippen molar-refractivity contribution >= 4 is 17.8 Å². The highest BCUT2D eigenvalue weighted by Crippen LogP contribution is 2.47. The van der Waals surface area contributed by atoms with Crippen LogP contribution >= 0.6 is 0 Å². The van der Waals surface area contributed by atoms with Crippen molar-refractivity contribution in [2.24, 2.45) is 11.1 Å². The third-order valence-electron chi connectivity index (χ3n) is 7.91. The standard InChI is InChI=1S/C33H35N3O5/c1-2-27(38)35-28(29(39)40)33(30(34)41,31(23-37)21-13-6-14-22-31)36-32(24-15-7-3-8-16-24,25-17-9-4-10-18-25)26-19-11-5-12-20-26/h3-21,28,36-37H,2,22-23H2,1H3,(H2,34,41)(H,35,38)(H,39,40). The highest BCUT2D eigenvalue weighted by atomic mass is 16.4. The molecule has 3 atom stereocenters. The number of aliphatic hydroxyl groups excluding tert-OH is 1. The van der Waals surface area contributed by atoms with Gasteiger partial charge in [0.1, 0.15) is 5.54 Å². The lowest BCUT2D eigenvalue weighted by atomic mass is 9.60. The van der Waals surface area contributed by atoms with Crippen LogP contribution in [-0.4, -0.2) is 46.2 Å². The maximum Gasteiger partial charge on any atom is 0.328 e. The van der Waals surface area contributed by atoms with Gasteiger partial charge in [-0.3, -0.25) is 14.9 Å². The van der Waals surface area contributed by atoms with Gasteiger partial charge in [-0.15, -0.1) is 0 Å². The number of aliphatic carboxylic acids is 1. The van der Waals surface area contributed by atoms with E-state index in [4.69, 9.17) is 5.73 Å². The first-order valence-corrected chi connectivity index (χ1v) is 13.5. The highest BCUT2D eigenvalue weighted by Gasteiger charge is 2.64. The largest absolute Gasteiger partial charge is 0.480 e. The van der Waals surface area contributed by atoms with Gasteiger partial charge in [0.05, 0.1) is 12.1 Å². The van der Waals surface area contributed by atoms with E-state index in [0.717, 1.165) is 0 Å². The molecule has 0 saturated heterocycles. The van der Waals surface area contributed by atoms with E-state index in [0.29, 0.717) is 16.7 Å². The molecule has 0 radical (unpaired) electrons. The number of hydrogen-bond acceptors (Lipinski definition) is 5. The molecule has 4 rings (SSSR count). The molecule has 41 heavy (non-hydrogen) atoms. The maximum absolute atomic E-state index is 14.0. The Kier molecular flexibility index (Phi) is 8.86. The third-order valence-corrected chi connectivity index (χ3v) is 7.91. The molecule has 0 heterocycles. The summed E-state index contributed by atoms with van der Waals surface area (Å²) in [5.74, 6) is -3.10. The molecule has 1 aliphatic rings. The zero-order valence-corrected chi connectivity index (χ0v) is 22.9. The van der Waals surface area contributed by atoms with E-state index >= 15 is 0 Å². The summed E-state index contributed by atoms with van der Waals surface area (Å²) in [6, 6.07) is 26.1. The number of rotatable bonds is 12. The van der Waals surface area contributed by atoms with Gasteiger partial charge in [-0.2, -0.15) is 0 Å². The summed E-state index contributed by atoms with van der Waals surface area (Å²) in [4.78, 5) is 40.0. The quantitative estimate of drug-likeness (QED) is 0.218. The van der Waals surface area contributed by atoms with Crippen molar-refractivity contribution < 1.29 is 24.6 Å². The molecule has 0 aromatic heterocycles. The second kappa shape index (κ2) is 12.3. The number of hydrogen-bond donors (Lipinski definition) is 5. The van der Waals surface area contributed by atoms with Gasteiger partial charge in [0.25, 0.3) is 0 Å². The Balaban J connectivity index is 2.18. The van der Waals surface area contributed by atoms with Crippen molar-refractivity contribution in [1.82, 2.24) is 10.6 Å². The van der Waals surface area contributed by atoms with Gasteiger partial charge in [-0.05, 0) is 23.1 Å². The topological polar surface area (TPSA) is 142 Å². The smallest absolute Gasteiger partial charge is 0.328 e. The first kappa shape index (κ1) is 29.5. The number of allylic oxidation sites excluding steroid dienone is 3. The van der Waals surface area contributed by atoms with Gasteiger partial charge in [-0.1, -0.05) is 122 Å². The first-order valence-electron chi connectivity index (χ1n) is 13.5. The summed E-state index contributed by atoms with van der Waals surface area (Å²) < 4.78 is 0. The number of aliphatic hydroxyl groups is 1. The molecule has 8 heteroatoms. The van der Waals surface area contributed by atoms with Crippen LogP contribution in [0.2, 0.25) is 0 Å². The molecule has 2 amide bonds. The summed E-state index contributed by atoms with van der Waals surface area (Å²) in [7, 11) is 0. The fourth-order valence-electron chi connectivity index (χ4n) is 5.83. The monoisotopic (exact) mass is 553 g/mol. The van der Waals surface area contributed by atoms with Crippen LogP contribution in [0.15, 0.2) is 115 Å². The average molecular weight is 554 g/mol. The van der Waals surface area contributed by atoms with Gasteiger partial charge in [0.15, 0.2) is 6.04 Å². The number of carbonyl (C=O) groups excluding carboxylic acids is 2. The van der Waals surface area contributed by atoms with Crippen molar-refractivity contribution in [2.45, 2.75) is 36.9 Å². The molecule has 0 aliphatic heterocycles. The number of carboxylic acids is 1. The van der Waals surface area contributed by atoms with Crippen LogP contribution in [0, 0.1) is 5.41 Å². The predicted molar refractivity (Wildman–Crippen MR) is 157 cm³/mol. The fourth-order valence-corrected chi connectivity index (χ4v) is 5.83. The minimum Gasteiger partial charge on any atom is -0.480 e. The third kappa shape index (κ3) is 5.19. The molecule has 1 aliphatic carbocycles. The van der Waals surface area contributed by atoms with Crippen LogP contribution in [0.25, 0.3) is 0 Å². The van der Waals surface area contributed by atoms with Gasteiger partial charge in [0, 0.05) is 11.8 Å². The summed E-state index contributed by atoms with van der Waals surface area (Å²) in [6.45, 7) is 0.949. The normalized spacial score (nSPS) is 18.7.